The van der Waals surface area contributed by atoms with Gasteiger partial charge in [0.05, 0.1) is 12.2 Å². The number of rotatable bonds is 4. The highest BCUT2D eigenvalue weighted by Gasteiger charge is 2.31. The van der Waals surface area contributed by atoms with Crippen LogP contribution in [0.5, 0.6) is 0 Å². The Labute approximate surface area is 142 Å². The van der Waals surface area contributed by atoms with Gasteiger partial charge in [-0.2, -0.15) is 5.10 Å². The van der Waals surface area contributed by atoms with Crippen LogP contribution < -0.4 is 5.32 Å². The van der Waals surface area contributed by atoms with Crippen LogP contribution in [0.15, 0.2) is 24.8 Å². The predicted octanol–water partition coefficient (Wildman–Crippen LogP) is 0.742. The van der Waals surface area contributed by atoms with Gasteiger partial charge in [0.1, 0.15) is 5.82 Å². The number of likely N-dealkylation sites (N-methyl/N-ethyl adjacent to an activating group) is 1. The minimum atomic E-state index is -0.0335. The van der Waals surface area contributed by atoms with Crippen molar-refractivity contribution >= 4 is 6.03 Å². The molecule has 3 heterocycles. The molecule has 8 nitrogen and oxygen atoms in total. The number of carbonyl (C=O) groups is 1. The largest absolute Gasteiger partial charge is 0.337 e. The molecule has 1 aliphatic rings. The molecule has 1 unspecified atom stereocenters. The zero-order chi connectivity index (χ0) is 17.1. The van der Waals surface area contributed by atoms with Gasteiger partial charge in [0.2, 0.25) is 0 Å². The fraction of sp³-hybridized carbons (Fsp3) is 0.562. The fourth-order valence-corrected chi connectivity index (χ4v) is 3.18. The van der Waals surface area contributed by atoms with E-state index < -0.39 is 0 Å². The molecular weight excluding hydrogens is 306 g/mol. The van der Waals surface area contributed by atoms with E-state index in [2.05, 4.69) is 27.2 Å². The third-order valence-electron chi connectivity index (χ3n) is 4.54. The Morgan fingerprint density at radius 3 is 2.83 bits per heavy atom. The average Bonchev–Trinajstić information content (AvgIpc) is 3.20. The van der Waals surface area contributed by atoms with Crippen molar-refractivity contribution in [3.05, 3.63) is 36.2 Å². The number of nitrogens with zero attached hydrogens (tertiary/aromatic N) is 6. The van der Waals surface area contributed by atoms with Crippen LogP contribution in [0.3, 0.4) is 0 Å². The minimum Gasteiger partial charge on any atom is -0.337 e. The number of hydrogen-bond donors (Lipinski definition) is 1. The molecule has 1 N–H and O–H groups in total. The van der Waals surface area contributed by atoms with E-state index >= 15 is 0 Å². The normalized spacial score (nSPS) is 18.8. The van der Waals surface area contributed by atoms with Gasteiger partial charge in [-0.1, -0.05) is 6.92 Å². The minimum absolute atomic E-state index is 0.0335. The molecule has 2 aromatic rings. The molecule has 0 aromatic carbocycles. The Morgan fingerprint density at radius 2 is 2.21 bits per heavy atom. The molecular formula is C16H25N7O. The topological polar surface area (TPSA) is 71.2 Å². The third-order valence-corrected chi connectivity index (χ3v) is 4.54. The van der Waals surface area contributed by atoms with E-state index in [0.29, 0.717) is 13.1 Å². The molecule has 0 saturated carbocycles. The lowest BCUT2D eigenvalue weighted by Crippen LogP contribution is -2.53. The number of carbonyl (C=O) groups excluding carboxylic acids is 1. The number of imidazole rings is 1. The van der Waals surface area contributed by atoms with Crippen molar-refractivity contribution < 1.29 is 4.79 Å². The fourth-order valence-electron chi connectivity index (χ4n) is 3.18. The first kappa shape index (κ1) is 16.5. The van der Waals surface area contributed by atoms with Crippen LogP contribution in [0.1, 0.15) is 24.4 Å². The monoisotopic (exact) mass is 331 g/mol. The van der Waals surface area contributed by atoms with Gasteiger partial charge in [-0.25, -0.2) is 9.78 Å². The summed E-state index contributed by atoms with van der Waals surface area (Å²) in [6, 6.07) is 0.0988. The number of urea groups is 1. The second-order valence-corrected chi connectivity index (χ2v) is 6.17. The van der Waals surface area contributed by atoms with E-state index in [1.165, 1.54) is 0 Å². The Kier molecular flexibility index (Phi) is 4.84. The van der Waals surface area contributed by atoms with Crippen molar-refractivity contribution in [2.24, 2.45) is 14.1 Å². The average molecular weight is 331 g/mol. The standard InChI is InChI=1S/C16H25N7O/c1-4-22-7-8-23(12-14(22)15-17-5-6-20(15)2)16(24)18-9-13-10-19-21(3)11-13/h5-6,10-11,14H,4,7-9,12H2,1-3H3,(H,18,24). The molecule has 0 bridgehead atoms. The summed E-state index contributed by atoms with van der Waals surface area (Å²) >= 11 is 0. The summed E-state index contributed by atoms with van der Waals surface area (Å²) in [7, 11) is 3.87. The van der Waals surface area contributed by atoms with Crippen LogP contribution in [0.2, 0.25) is 0 Å². The third kappa shape index (κ3) is 3.43. The van der Waals surface area contributed by atoms with Crippen molar-refractivity contribution in [2.45, 2.75) is 19.5 Å². The van der Waals surface area contributed by atoms with Crippen LogP contribution >= 0.6 is 0 Å². The van der Waals surface area contributed by atoms with E-state index in [0.717, 1.165) is 31.0 Å². The van der Waals surface area contributed by atoms with Gasteiger partial charge in [0, 0.05) is 64.4 Å². The zero-order valence-electron chi connectivity index (χ0n) is 14.5. The molecule has 1 aliphatic heterocycles. The Bertz CT molecular complexity index is 692. The maximum Gasteiger partial charge on any atom is 0.317 e. The number of hydrogen-bond acceptors (Lipinski definition) is 4. The second-order valence-electron chi connectivity index (χ2n) is 6.17. The molecule has 2 aromatic heterocycles. The van der Waals surface area contributed by atoms with Crippen LogP contribution in [-0.4, -0.2) is 61.3 Å². The highest BCUT2D eigenvalue weighted by atomic mass is 16.2. The maximum atomic E-state index is 12.5. The SMILES string of the molecule is CCN1CCN(C(=O)NCc2cnn(C)c2)CC1c1nccn1C. The Balaban J connectivity index is 1.64. The van der Waals surface area contributed by atoms with Gasteiger partial charge in [-0.3, -0.25) is 9.58 Å². The highest BCUT2D eigenvalue weighted by molar-refractivity contribution is 5.74. The van der Waals surface area contributed by atoms with Gasteiger partial charge < -0.3 is 14.8 Å². The molecule has 24 heavy (non-hydrogen) atoms. The molecule has 8 heteroatoms. The predicted molar refractivity (Wildman–Crippen MR) is 90.2 cm³/mol. The quantitative estimate of drug-likeness (QED) is 0.897. The first-order valence-corrected chi connectivity index (χ1v) is 8.30. The summed E-state index contributed by atoms with van der Waals surface area (Å²) in [5, 5.41) is 7.10. The maximum absolute atomic E-state index is 12.5. The highest BCUT2D eigenvalue weighted by Crippen LogP contribution is 2.23. The Morgan fingerprint density at radius 1 is 1.38 bits per heavy atom. The molecule has 130 valence electrons. The Hall–Kier alpha value is -2.35. The van der Waals surface area contributed by atoms with Gasteiger partial charge >= 0.3 is 6.03 Å². The second kappa shape index (κ2) is 7.04. The number of aryl methyl sites for hydroxylation is 2. The van der Waals surface area contributed by atoms with Gasteiger partial charge in [0.15, 0.2) is 0 Å². The summed E-state index contributed by atoms with van der Waals surface area (Å²) in [6.07, 6.45) is 7.44. The van der Waals surface area contributed by atoms with Crippen LogP contribution in [0, 0.1) is 0 Å². The summed E-state index contributed by atoms with van der Waals surface area (Å²) in [5.74, 6) is 1.00. The van der Waals surface area contributed by atoms with Gasteiger partial charge in [-0.15, -0.1) is 0 Å². The lowest BCUT2D eigenvalue weighted by Gasteiger charge is -2.40. The first-order valence-electron chi connectivity index (χ1n) is 8.30. The summed E-state index contributed by atoms with van der Waals surface area (Å²) in [5.41, 5.74) is 0.999. The lowest BCUT2D eigenvalue weighted by molar-refractivity contribution is 0.0878. The van der Waals surface area contributed by atoms with E-state index in [9.17, 15) is 4.79 Å². The van der Waals surface area contributed by atoms with Gasteiger partial charge in [-0.05, 0) is 6.54 Å². The van der Waals surface area contributed by atoms with Crippen molar-refractivity contribution in [1.82, 2.24) is 34.4 Å². The summed E-state index contributed by atoms with van der Waals surface area (Å²) < 4.78 is 3.77. The number of amides is 2. The first-order chi connectivity index (χ1) is 11.6. The number of aromatic nitrogens is 4. The van der Waals surface area contributed by atoms with Gasteiger partial charge in [0.25, 0.3) is 0 Å². The summed E-state index contributed by atoms with van der Waals surface area (Å²) in [6.45, 7) is 5.82. The summed E-state index contributed by atoms with van der Waals surface area (Å²) in [4.78, 5) is 21.2. The van der Waals surface area contributed by atoms with E-state index in [1.807, 2.05) is 42.2 Å². The van der Waals surface area contributed by atoms with E-state index in [-0.39, 0.29) is 12.1 Å². The number of nitrogens with one attached hydrogen (secondary N) is 1. The molecule has 1 saturated heterocycles. The lowest BCUT2D eigenvalue weighted by atomic mass is 10.1. The van der Waals surface area contributed by atoms with Crippen molar-refractivity contribution in [3.63, 3.8) is 0 Å². The molecule has 1 fully saturated rings. The van der Waals surface area contributed by atoms with Crippen molar-refractivity contribution in [1.29, 1.82) is 0 Å². The molecule has 2 amide bonds. The molecule has 1 atom stereocenters. The van der Waals surface area contributed by atoms with Crippen LogP contribution in [0.4, 0.5) is 4.79 Å². The molecule has 3 rings (SSSR count). The van der Waals surface area contributed by atoms with Crippen LogP contribution in [0.25, 0.3) is 0 Å². The van der Waals surface area contributed by atoms with E-state index in [1.54, 1.807) is 10.9 Å². The molecule has 0 aliphatic carbocycles. The smallest absolute Gasteiger partial charge is 0.317 e. The molecule has 0 spiro atoms. The number of piperazine rings is 1. The van der Waals surface area contributed by atoms with Crippen molar-refractivity contribution in [3.8, 4) is 0 Å². The van der Waals surface area contributed by atoms with E-state index in [4.69, 9.17) is 0 Å². The zero-order valence-corrected chi connectivity index (χ0v) is 14.5. The molecule has 0 radical (unpaired) electrons. The van der Waals surface area contributed by atoms with Crippen LogP contribution in [-0.2, 0) is 20.6 Å². The van der Waals surface area contributed by atoms with Crippen molar-refractivity contribution in [2.75, 3.05) is 26.2 Å².